The molecule has 0 fully saturated rings. The zero-order valence-electron chi connectivity index (χ0n) is 18.1. The number of nitrogens with zero attached hydrogens (tertiary/aromatic N) is 1. The average molecular weight is 468 g/mol. The van der Waals surface area contributed by atoms with Crippen LogP contribution in [0.5, 0.6) is 0 Å². The van der Waals surface area contributed by atoms with Crippen molar-refractivity contribution in [2.45, 2.75) is 24.3 Å². The Hall–Kier alpha value is -3.89. The van der Waals surface area contributed by atoms with Crippen LogP contribution in [0.4, 0.5) is 11.4 Å². The highest BCUT2D eigenvalue weighted by Crippen LogP contribution is 2.28. The molecule has 1 amide bonds. The quantitative estimate of drug-likeness (QED) is 0.155. The Morgan fingerprint density at radius 2 is 1.64 bits per heavy atom. The van der Waals surface area contributed by atoms with Gasteiger partial charge in [0.15, 0.2) is 5.84 Å². The first-order chi connectivity index (χ1) is 15.5. The molecule has 3 aromatic carbocycles. The number of primary sulfonamides is 1. The molecule has 33 heavy (non-hydrogen) atoms. The number of hydrogen-bond donors (Lipinski definition) is 5. The van der Waals surface area contributed by atoms with Crippen molar-refractivity contribution >= 4 is 33.1 Å². The van der Waals surface area contributed by atoms with E-state index in [1.165, 1.54) is 6.07 Å². The summed E-state index contributed by atoms with van der Waals surface area (Å²) in [5.74, 6) is -0.334. The monoisotopic (exact) mass is 467 g/mol. The van der Waals surface area contributed by atoms with Crippen molar-refractivity contribution in [2.75, 3.05) is 10.6 Å². The van der Waals surface area contributed by atoms with Crippen molar-refractivity contribution in [3.8, 4) is 11.1 Å². The predicted octanol–water partition coefficient (Wildman–Crippen LogP) is 2.92. The zero-order chi connectivity index (χ0) is 24.2. The van der Waals surface area contributed by atoms with Crippen LogP contribution in [-0.2, 0) is 14.8 Å². The van der Waals surface area contributed by atoms with Crippen LogP contribution in [0.2, 0.25) is 0 Å². The first kappa shape index (κ1) is 23.8. The van der Waals surface area contributed by atoms with E-state index in [0.717, 1.165) is 0 Å². The maximum Gasteiger partial charge on any atom is 0.249 e. The van der Waals surface area contributed by atoms with Crippen LogP contribution in [-0.4, -0.2) is 30.9 Å². The summed E-state index contributed by atoms with van der Waals surface area (Å²) in [4.78, 5) is 12.9. The molecule has 0 bridgehead atoms. The number of sulfonamides is 1. The number of benzene rings is 3. The van der Waals surface area contributed by atoms with E-state index in [9.17, 15) is 13.2 Å². The molecule has 0 aromatic heterocycles. The summed E-state index contributed by atoms with van der Waals surface area (Å²) in [6.07, 6.45) is 0. The largest absolute Gasteiger partial charge is 0.409 e. The predicted molar refractivity (Wildman–Crippen MR) is 129 cm³/mol. The van der Waals surface area contributed by atoms with Crippen LogP contribution in [0.1, 0.15) is 19.4 Å². The minimum atomic E-state index is -3.88. The maximum atomic E-state index is 12.9. The van der Waals surface area contributed by atoms with Gasteiger partial charge in [-0.3, -0.25) is 4.79 Å². The highest BCUT2D eigenvalue weighted by atomic mass is 32.2. The SMILES string of the molecule is CC(C)(Nc1cccc(/C(N)=N\O)c1)C(=O)Nc1ccc(-c2ccccc2S(N)(=O)=O)cc1. The fourth-order valence-corrected chi connectivity index (χ4v) is 3.97. The van der Waals surface area contributed by atoms with Crippen molar-refractivity contribution in [1.29, 1.82) is 0 Å². The number of hydrogen-bond acceptors (Lipinski definition) is 6. The molecule has 7 N–H and O–H groups in total. The van der Waals surface area contributed by atoms with Crippen LogP contribution in [0.25, 0.3) is 11.1 Å². The molecule has 3 rings (SSSR count). The second kappa shape index (κ2) is 9.31. The van der Waals surface area contributed by atoms with Gasteiger partial charge in [-0.1, -0.05) is 47.6 Å². The van der Waals surface area contributed by atoms with Crippen LogP contribution < -0.4 is 21.5 Å². The Morgan fingerprint density at radius 1 is 0.970 bits per heavy atom. The summed E-state index contributed by atoms with van der Waals surface area (Å²) in [5, 5.41) is 23.1. The number of carbonyl (C=O) groups is 1. The van der Waals surface area contributed by atoms with Gasteiger partial charge in [0.2, 0.25) is 15.9 Å². The number of oxime groups is 1. The van der Waals surface area contributed by atoms with E-state index < -0.39 is 15.6 Å². The van der Waals surface area contributed by atoms with Crippen LogP contribution >= 0.6 is 0 Å². The first-order valence-corrected chi connectivity index (χ1v) is 11.5. The fraction of sp³-hybridized carbons (Fsp3) is 0.130. The summed E-state index contributed by atoms with van der Waals surface area (Å²) < 4.78 is 23.7. The standard InChI is InChI=1S/C23H25N5O4S/c1-23(2,27-18-7-5-6-16(14-18)21(24)28-30)22(29)26-17-12-10-15(11-13-17)19-8-3-4-9-20(19)33(25,31)32/h3-14,27,30H,1-2H3,(H2,24,28)(H,26,29)(H2,25,31,32). The van der Waals surface area contributed by atoms with Gasteiger partial charge in [0, 0.05) is 22.5 Å². The Morgan fingerprint density at radius 3 is 2.27 bits per heavy atom. The van der Waals surface area contributed by atoms with Gasteiger partial charge < -0.3 is 21.6 Å². The minimum absolute atomic E-state index is 0.0289. The van der Waals surface area contributed by atoms with E-state index in [-0.39, 0.29) is 16.6 Å². The van der Waals surface area contributed by atoms with Crippen molar-refractivity contribution in [2.24, 2.45) is 16.0 Å². The normalized spacial score (nSPS) is 12.3. The van der Waals surface area contributed by atoms with Gasteiger partial charge in [-0.05, 0) is 49.7 Å². The lowest BCUT2D eigenvalue weighted by atomic mass is 10.0. The highest BCUT2D eigenvalue weighted by molar-refractivity contribution is 7.89. The Labute approximate surface area is 192 Å². The van der Waals surface area contributed by atoms with Gasteiger partial charge in [-0.15, -0.1) is 0 Å². The number of amides is 1. The van der Waals surface area contributed by atoms with Gasteiger partial charge in [0.25, 0.3) is 0 Å². The zero-order valence-corrected chi connectivity index (χ0v) is 18.9. The molecule has 9 nitrogen and oxygen atoms in total. The van der Waals surface area contributed by atoms with E-state index in [1.54, 1.807) is 80.6 Å². The average Bonchev–Trinajstić information content (AvgIpc) is 2.78. The van der Waals surface area contributed by atoms with E-state index in [1.807, 2.05) is 0 Å². The second-order valence-corrected chi connectivity index (χ2v) is 9.42. The molecule has 0 aliphatic rings. The van der Waals surface area contributed by atoms with Crippen molar-refractivity contribution in [1.82, 2.24) is 0 Å². The fourth-order valence-electron chi connectivity index (χ4n) is 3.21. The van der Waals surface area contributed by atoms with E-state index in [4.69, 9.17) is 16.1 Å². The number of nitrogens with one attached hydrogen (secondary N) is 2. The number of carbonyl (C=O) groups excluding carboxylic acids is 1. The molecule has 0 aliphatic heterocycles. The third-order valence-electron chi connectivity index (χ3n) is 4.94. The number of nitrogens with two attached hydrogens (primary N) is 2. The molecule has 0 spiro atoms. The minimum Gasteiger partial charge on any atom is -0.409 e. The lowest BCUT2D eigenvalue weighted by Crippen LogP contribution is -2.44. The molecule has 0 aliphatic carbocycles. The summed E-state index contributed by atoms with van der Waals surface area (Å²) in [7, 11) is -3.88. The summed E-state index contributed by atoms with van der Waals surface area (Å²) in [5.41, 5.74) is 7.42. The third kappa shape index (κ3) is 5.68. The topological polar surface area (TPSA) is 160 Å². The summed E-state index contributed by atoms with van der Waals surface area (Å²) in [6.45, 7) is 3.43. The lowest BCUT2D eigenvalue weighted by molar-refractivity contribution is -0.119. The molecule has 0 radical (unpaired) electrons. The molecule has 0 unspecified atom stereocenters. The molecule has 0 saturated carbocycles. The van der Waals surface area contributed by atoms with Gasteiger partial charge in [0.05, 0.1) is 4.90 Å². The smallest absolute Gasteiger partial charge is 0.249 e. The number of amidine groups is 1. The Kier molecular flexibility index (Phi) is 6.70. The van der Waals surface area contributed by atoms with Crippen molar-refractivity contribution < 1.29 is 18.4 Å². The van der Waals surface area contributed by atoms with Crippen LogP contribution in [0.15, 0.2) is 82.8 Å². The molecule has 0 atom stereocenters. The molecular formula is C23H25N5O4S. The molecule has 3 aromatic rings. The second-order valence-electron chi connectivity index (χ2n) is 7.89. The molecule has 0 heterocycles. The van der Waals surface area contributed by atoms with Gasteiger partial charge in [-0.2, -0.15) is 0 Å². The number of rotatable bonds is 7. The highest BCUT2D eigenvalue weighted by Gasteiger charge is 2.27. The van der Waals surface area contributed by atoms with Crippen LogP contribution in [0.3, 0.4) is 0 Å². The van der Waals surface area contributed by atoms with Crippen molar-refractivity contribution in [3.63, 3.8) is 0 Å². The Bertz CT molecular complexity index is 1300. The summed E-state index contributed by atoms with van der Waals surface area (Å²) >= 11 is 0. The van der Waals surface area contributed by atoms with Gasteiger partial charge in [-0.25, -0.2) is 13.6 Å². The lowest BCUT2D eigenvalue weighted by Gasteiger charge is -2.26. The molecule has 172 valence electrons. The molecule has 0 saturated heterocycles. The summed E-state index contributed by atoms with van der Waals surface area (Å²) in [6, 6.07) is 20.1. The van der Waals surface area contributed by atoms with Gasteiger partial charge in [0.1, 0.15) is 5.54 Å². The van der Waals surface area contributed by atoms with Crippen molar-refractivity contribution in [3.05, 3.63) is 78.4 Å². The van der Waals surface area contributed by atoms with E-state index >= 15 is 0 Å². The van der Waals surface area contributed by atoms with E-state index in [2.05, 4.69) is 15.8 Å². The van der Waals surface area contributed by atoms with Crippen LogP contribution in [0, 0.1) is 0 Å². The van der Waals surface area contributed by atoms with E-state index in [0.29, 0.717) is 28.1 Å². The molecule has 10 heteroatoms. The Balaban J connectivity index is 1.76. The third-order valence-corrected chi connectivity index (χ3v) is 5.91. The molecular weight excluding hydrogens is 442 g/mol. The maximum absolute atomic E-state index is 12.9. The first-order valence-electron chi connectivity index (χ1n) is 9.91. The number of anilines is 2. The van der Waals surface area contributed by atoms with Gasteiger partial charge >= 0.3 is 0 Å².